The van der Waals surface area contributed by atoms with E-state index in [0.717, 1.165) is 17.7 Å². The highest BCUT2D eigenvalue weighted by atomic mass is 16.5. The molecular formula is C16H25N3O4. The summed E-state index contributed by atoms with van der Waals surface area (Å²) >= 11 is 0. The molecule has 7 nitrogen and oxygen atoms in total. The van der Waals surface area contributed by atoms with Crippen molar-refractivity contribution >= 4 is 11.9 Å². The van der Waals surface area contributed by atoms with E-state index in [-0.39, 0.29) is 12.5 Å². The molecule has 128 valence electrons. The maximum atomic E-state index is 11.8. The minimum atomic E-state index is -1.03. The molecule has 0 saturated carbocycles. The van der Waals surface area contributed by atoms with E-state index in [1.54, 1.807) is 7.11 Å². The number of carbonyl (C=O) groups is 2. The molecule has 5 N–H and O–H groups in total. The van der Waals surface area contributed by atoms with Gasteiger partial charge in [0.1, 0.15) is 11.8 Å². The molecule has 1 atom stereocenters. The summed E-state index contributed by atoms with van der Waals surface area (Å²) in [4.78, 5) is 23.0. The van der Waals surface area contributed by atoms with Gasteiger partial charge in [-0.25, -0.2) is 4.79 Å². The molecule has 0 aliphatic carbocycles. The SMILES string of the molecule is COc1ccccc1CNCC(=O)NC(CCCCN)C(=O)O. The Bertz CT molecular complexity index is 508. The normalized spacial score (nSPS) is 11.7. The Hall–Kier alpha value is -2.12. The number of methoxy groups -OCH3 is 1. The summed E-state index contributed by atoms with van der Waals surface area (Å²) in [6, 6.07) is 6.62. The second kappa shape index (κ2) is 10.6. The Balaban J connectivity index is 2.38. The van der Waals surface area contributed by atoms with Crippen LogP contribution in [-0.4, -0.2) is 43.2 Å². The number of ether oxygens (including phenoxy) is 1. The van der Waals surface area contributed by atoms with Gasteiger partial charge in [0.2, 0.25) is 5.91 Å². The summed E-state index contributed by atoms with van der Waals surface area (Å²) in [6.45, 7) is 1.02. The van der Waals surface area contributed by atoms with E-state index < -0.39 is 12.0 Å². The van der Waals surface area contributed by atoms with Crippen molar-refractivity contribution < 1.29 is 19.4 Å². The summed E-state index contributed by atoms with van der Waals surface area (Å²) in [6.07, 6.45) is 1.79. The Morgan fingerprint density at radius 1 is 1.30 bits per heavy atom. The van der Waals surface area contributed by atoms with Gasteiger partial charge in [0.15, 0.2) is 0 Å². The zero-order valence-corrected chi connectivity index (χ0v) is 13.4. The number of aliphatic carboxylic acids is 1. The highest BCUT2D eigenvalue weighted by molar-refractivity contribution is 5.84. The minimum absolute atomic E-state index is 0.0404. The van der Waals surface area contributed by atoms with E-state index >= 15 is 0 Å². The van der Waals surface area contributed by atoms with Crippen LogP contribution in [0.4, 0.5) is 0 Å². The van der Waals surface area contributed by atoms with Gasteiger partial charge in [0.25, 0.3) is 0 Å². The first kappa shape index (κ1) is 18.9. The molecule has 0 heterocycles. The fourth-order valence-electron chi connectivity index (χ4n) is 2.16. The Morgan fingerprint density at radius 2 is 2.04 bits per heavy atom. The average molecular weight is 323 g/mol. The third-order valence-electron chi connectivity index (χ3n) is 3.37. The Labute approximate surface area is 136 Å². The van der Waals surface area contributed by atoms with Crippen molar-refractivity contribution in [3.8, 4) is 5.75 Å². The lowest BCUT2D eigenvalue weighted by Gasteiger charge is -2.15. The number of nitrogens with one attached hydrogen (secondary N) is 2. The maximum absolute atomic E-state index is 11.8. The third kappa shape index (κ3) is 7.12. The van der Waals surface area contributed by atoms with Crippen LogP contribution in [0.5, 0.6) is 5.75 Å². The molecule has 0 saturated heterocycles. The number of rotatable bonds is 11. The molecule has 1 aromatic carbocycles. The van der Waals surface area contributed by atoms with E-state index in [1.807, 2.05) is 24.3 Å². The molecule has 1 aromatic rings. The Kier molecular flexibility index (Phi) is 8.71. The number of carboxylic acids is 1. The molecule has 0 radical (unpaired) electrons. The van der Waals surface area contributed by atoms with Crippen LogP contribution in [0.3, 0.4) is 0 Å². The fraction of sp³-hybridized carbons (Fsp3) is 0.500. The second-order valence-electron chi connectivity index (χ2n) is 5.16. The third-order valence-corrected chi connectivity index (χ3v) is 3.37. The summed E-state index contributed by atoms with van der Waals surface area (Å²) in [5.74, 6) is -0.634. The van der Waals surface area contributed by atoms with E-state index in [1.165, 1.54) is 0 Å². The van der Waals surface area contributed by atoms with E-state index in [9.17, 15) is 9.59 Å². The van der Waals surface area contributed by atoms with Crippen LogP contribution in [0.1, 0.15) is 24.8 Å². The molecule has 23 heavy (non-hydrogen) atoms. The molecular weight excluding hydrogens is 298 g/mol. The van der Waals surface area contributed by atoms with Gasteiger partial charge in [-0.05, 0) is 31.9 Å². The molecule has 0 aliphatic rings. The van der Waals surface area contributed by atoms with Crippen molar-refractivity contribution in [2.24, 2.45) is 5.73 Å². The van der Waals surface area contributed by atoms with Crippen LogP contribution in [0.2, 0.25) is 0 Å². The van der Waals surface area contributed by atoms with Crippen LogP contribution in [0, 0.1) is 0 Å². The first-order chi connectivity index (χ1) is 11.1. The lowest BCUT2D eigenvalue weighted by atomic mass is 10.1. The van der Waals surface area contributed by atoms with E-state index in [2.05, 4.69) is 10.6 Å². The van der Waals surface area contributed by atoms with Gasteiger partial charge >= 0.3 is 5.97 Å². The summed E-state index contributed by atoms with van der Waals surface area (Å²) in [5.41, 5.74) is 6.31. The lowest BCUT2D eigenvalue weighted by Crippen LogP contribution is -2.44. The van der Waals surface area contributed by atoms with Gasteiger partial charge in [0.05, 0.1) is 13.7 Å². The zero-order chi connectivity index (χ0) is 17.1. The Morgan fingerprint density at radius 3 is 2.70 bits per heavy atom. The summed E-state index contributed by atoms with van der Waals surface area (Å²) in [7, 11) is 1.59. The van der Waals surface area contributed by atoms with Crippen molar-refractivity contribution in [2.75, 3.05) is 20.2 Å². The number of benzene rings is 1. The smallest absolute Gasteiger partial charge is 0.326 e. The number of hydrogen-bond acceptors (Lipinski definition) is 5. The highest BCUT2D eigenvalue weighted by Gasteiger charge is 2.18. The van der Waals surface area contributed by atoms with Gasteiger partial charge < -0.3 is 26.2 Å². The van der Waals surface area contributed by atoms with Crippen LogP contribution in [0.25, 0.3) is 0 Å². The van der Waals surface area contributed by atoms with E-state index in [0.29, 0.717) is 25.9 Å². The van der Waals surface area contributed by atoms with Crippen LogP contribution in [-0.2, 0) is 16.1 Å². The molecule has 7 heteroatoms. The maximum Gasteiger partial charge on any atom is 0.326 e. The molecule has 0 aromatic heterocycles. The summed E-state index contributed by atoms with van der Waals surface area (Å²) < 4.78 is 5.23. The predicted molar refractivity (Wildman–Crippen MR) is 87.2 cm³/mol. The predicted octanol–water partition coefficient (Wildman–Crippen LogP) is 0.483. The quantitative estimate of drug-likeness (QED) is 0.441. The number of carbonyl (C=O) groups excluding carboxylic acids is 1. The number of para-hydroxylation sites is 1. The molecule has 1 rings (SSSR count). The topological polar surface area (TPSA) is 114 Å². The first-order valence-electron chi connectivity index (χ1n) is 7.63. The van der Waals surface area contributed by atoms with Crippen LogP contribution in [0.15, 0.2) is 24.3 Å². The molecule has 0 aliphatic heterocycles. The number of hydrogen-bond donors (Lipinski definition) is 4. The monoisotopic (exact) mass is 323 g/mol. The molecule has 0 fully saturated rings. The largest absolute Gasteiger partial charge is 0.496 e. The number of amides is 1. The minimum Gasteiger partial charge on any atom is -0.496 e. The van der Waals surface area contributed by atoms with Crippen molar-refractivity contribution in [1.29, 1.82) is 0 Å². The van der Waals surface area contributed by atoms with Gasteiger partial charge in [0, 0.05) is 12.1 Å². The van der Waals surface area contributed by atoms with Crippen molar-refractivity contribution in [2.45, 2.75) is 31.8 Å². The first-order valence-corrected chi connectivity index (χ1v) is 7.63. The number of nitrogens with two attached hydrogens (primary N) is 1. The van der Waals surface area contributed by atoms with Crippen LogP contribution < -0.4 is 21.1 Å². The molecule has 1 amide bonds. The highest BCUT2D eigenvalue weighted by Crippen LogP contribution is 2.16. The van der Waals surface area contributed by atoms with Crippen molar-refractivity contribution in [3.05, 3.63) is 29.8 Å². The van der Waals surface area contributed by atoms with Gasteiger partial charge in [-0.2, -0.15) is 0 Å². The molecule has 0 bridgehead atoms. The number of carboxylic acid groups (broad SMARTS) is 1. The fourth-order valence-corrected chi connectivity index (χ4v) is 2.16. The standard InChI is InChI=1S/C16H25N3O4/c1-23-14-8-3-2-6-12(14)10-18-11-15(20)19-13(16(21)22)7-4-5-9-17/h2-3,6,8,13,18H,4-5,7,9-11,17H2,1H3,(H,19,20)(H,21,22). The zero-order valence-electron chi connectivity index (χ0n) is 13.4. The number of unbranched alkanes of at least 4 members (excludes halogenated alkanes) is 1. The second-order valence-corrected chi connectivity index (χ2v) is 5.16. The molecule has 1 unspecified atom stereocenters. The van der Waals surface area contributed by atoms with Gasteiger partial charge in [-0.3, -0.25) is 4.79 Å². The van der Waals surface area contributed by atoms with Gasteiger partial charge in [-0.1, -0.05) is 18.2 Å². The average Bonchev–Trinajstić information content (AvgIpc) is 2.54. The van der Waals surface area contributed by atoms with Crippen molar-refractivity contribution in [3.63, 3.8) is 0 Å². The van der Waals surface area contributed by atoms with E-state index in [4.69, 9.17) is 15.6 Å². The summed E-state index contributed by atoms with van der Waals surface area (Å²) in [5, 5.41) is 14.6. The van der Waals surface area contributed by atoms with Crippen LogP contribution >= 0.6 is 0 Å². The lowest BCUT2D eigenvalue weighted by molar-refractivity contribution is -0.141. The van der Waals surface area contributed by atoms with Crippen molar-refractivity contribution in [1.82, 2.24) is 10.6 Å². The van der Waals surface area contributed by atoms with Gasteiger partial charge in [-0.15, -0.1) is 0 Å². The molecule has 0 spiro atoms.